The van der Waals surface area contributed by atoms with Gasteiger partial charge < -0.3 is 5.73 Å². The molecule has 1 aliphatic rings. The van der Waals surface area contributed by atoms with Crippen LogP contribution in [0.2, 0.25) is 0 Å². The Balaban J connectivity index is 1.57. The maximum Gasteiger partial charge on any atom is 0.293 e. The fourth-order valence-electron chi connectivity index (χ4n) is 3.69. The van der Waals surface area contributed by atoms with Crippen LogP contribution in [0.5, 0.6) is 0 Å². The van der Waals surface area contributed by atoms with Gasteiger partial charge in [0.15, 0.2) is 5.69 Å². The van der Waals surface area contributed by atoms with Crippen LogP contribution in [0.15, 0.2) is 34.3 Å². The highest BCUT2D eigenvalue weighted by molar-refractivity contribution is 5.94. The zero-order valence-corrected chi connectivity index (χ0v) is 17.2. The number of nitrogens with one attached hydrogen (secondary N) is 1. The van der Waals surface area contributed by atoms with Crippen LogP contribution in [0, 0.1) is 0 Å². The zero-order valence-electron chi connectivity index (χ0n) is 17.2. The van der Waals surface area contributed by atoms with E-state index in [4.69, 9.17) is 10.4 Å². The van der Waals surface area contributed by atoms with Crippen molar-refractivity contribution in [2.75, 3.05) is 12.8 Å². The average molecular weight is 424 g/mol. The van der Waals surface area contributed by atoms with E-state index in [1.54, 1.807) is 18.5 Å². The quantitative estimate of drug-likeness (QED) is 0.420. The molecule has 0 atom stereocenters. The fourth-order valence-corrected chi connectivity index (χ4v) is 3.69. The minimum absolute atomic E-state index is 0.0630. The van der Waals surface area contributed by atoms with Gasteiger partial charge in [-0.05, 0) is 36.3 Å². The van der Waals surface area contributed by atoms with Crippen LogP contribution in [0.25, 0.3) is 5.82 Å². The molecular formula is C19H24N10O2. The summed E-state index contributed by atoms with van der Waals surface area (Å²) in [5, 5.41) is 19.5. The third kappa shape index (κ3) is 4.74. The monoisotopic (exact) mass is 424 g/mol. The number of nitrogen functional groups attached to an aromatic ring is 1. The highest BCUT2D eigenvalue weighted by Gasteiger charge is 2.27. The first-order valence-corrected chi connectivity index (χ1v) is 10.1. The van der Waals surface area contributed by atoms with Crippen molar-refractivity contribution < 1.29 is 9.42 Å². The molecule has 3 heterocycles. The second-order valence-corrected chi connectivity index (χ2v) is 7.46. The summed E-state index contributed by atoms with van der Waals surface area (Å²) < 4.78 is 6.10. The molecule has 0 aliphatic heterocycles. The first-order chi connectivity index (χ1) is 15.1. The van der Waals surface area contributed by atoms with E-state index in [0.29, 0.717) is 18.3 Å². The minimum atomic E-state index is -0.492. The summed E-state index contributed by atoms with van der Waals surface area (Å²) in [6.07, 6.45) is 10.7. The smallest absolute Gasteiger partial charge is 0.293 e. The summed E-state index contributed by atoms with van der Waals surface area (Å²) in [6, 6.07) is 4.03. The number of nitrogens with two attached hydrogens (primary N) is 1. The molecule has 0 saturated heterocycles. The van der Waals surface area contributed by atoms with E-state index in [2.05, 4.69) is 41.0 Å². The number of aromatic nitrogens is 6. The summed E-state index contributed by atoms with van der Waals surface area (Å²) in [4.78, 5) is 19.0. The Morgan fingerprint density at radius 3 is 2.94 bits per heavy atom. The molecule has 1 amide bonds. The van der Waals surface area contributed by atoms with Gasteiger partial charge in [-0.2, -0.15) is 9.78 Å². The van der Waals surface area contributed by atoms with Crippen LogP contribution in [-0.4, -0.2) is 60.4 Å². The zero-order chi connectivity index (χ0) is 21.6. The maximum atomic E-state index is 12.8. The first-order valence-electron chi connectivity index (χ1n) is 10.1. The number of anilines is 1. The van der Waals surface area contributed by atoms with Gasteiger partial charge in [0, 0.05) is 30.5 Å². The number of carbonyl (C=O) groups excluding carboxylic acids is 1. The molecule has 12 nitrogen and oxygen atoms in total. The number of hydrazone groups is 1. The molecule has 0 aromatic carbocycles. The lowest BCUT2D eigenvalue weighted by atomic mass is 9.94. The minimum Gasteiger partial charge on any atom is -0.378 e. The number of hydrogen-bond donors (Lipinski definition) is 2. The highest BCUT2D eigenvalue weighted by Crippen LogP contribution is 2.24. The molecule has 31 heavy (non-hydrogen) atoms. The molecule has 0 unspecified atom stereocenters. The lowest BCUT2D eigenvalue weighted by Crippen LogP contribution is -2.34. The molecule has 3 N–H and O–H groups in total. The molecule has 1 fully saturated rings. The van der Waals surface area contributed by atoms with Gasteiger partial charge in [0.2, 0.25) is 11.6 Å². The van der Waals surface area contributed by atoms with E-state index >= 15 is 0 Å². The molecule has 0 bridgehead atoms. The van der Waals surface area contributed by atoms with Crippen LogP contribution in [-0.2, 0) is 6.54 Å². The molecular weight excluding hydrogens is 400 g/mol. The Morgan fingerprint density at radius 2 is 2.23 bits per heavy atom. The molecule has 3 aromatic heterocycles. The number of rotatable bonds is 7. The first kappa shape index (κ1) is 20.6. The fraction of sp³-hybridized carbons (Fsp3) is 0.421. The number of pyridine rings is 1. The Kier molecular flexibility index (Phi) is 6.26. The second-order valence-electron chi connectivity index (χ2n) is 7.46. The van der Waals surface area contributed by atoms with Gasteiger partial charge in [-0.25, -0.2) is 10.1 Å². The van der Waals surface area contributed by atoms with Crippen LogP contribution in [0.1, 0.15) is 53.8 Å². The van der Waals surface area contributed by atoms with Gasteiger partial charge in [-0.15, -0.1) is 5.10 Å². The van der Waals surface area contributed by atoms with Crippen molar-refractivity contribution in [2.45, 2.75) is 44.7 Å². The Morgan fingerprint density at radius 1 is 1.39 bits per heavy atom. The second kappa shape index (κ2) is 9.43. The van der Waals surface area contributed by atoms with Gasteiger partial charge in [-0.3, -0.25) is 14.7 Å². The van der Waals surface area contributed by atoms with E-state index in [1.165, 1.54) is 30.2 Å². The van der Waals surface area contributed by atoms with Gasteiger partial charge in [0.1, 0.15) is 0 Å². The number of hydrogen-bond acceptors (Lipinski definition) is 10. The topological polar surface area (TPSA) is 153 Å². The molecule has 162 valence electrons. The predicted octanol–water partition coefficient (Wildman–Crippen LogP) is 1.16. The van der Waals surface area contributed by atoms with Crippen molar-refractivity contribution in [3.05, 3.63) is 41.5 Å². The molecule has 3 aromatic rings. The third-order valence-electron chi connectivity index (χ3n) is 5.34. The number of nitrogens with zero attached hydrogens (tertiary/aromatic N) is 8. The van der Waals surface area contributed by atoms with Crippen molar-refractivity contribution in [3.8, 4) is 5.82 Å². The standard InChI is InChI=1S/C19H24N10O2/c1-28(14-7-3-2-4-8-14)12-15-16(23-27-29(15)18-17(20)25-31-26-18)19(30)24-22-11-13-6-5-9-21-10-13/h5-6,9-11,14H,2-4,7-8,12H2,1H3,(H2,20,25)(H,24,30)/b22-11-. The summed E-state index contributed by atoms with van der Waals surface area (Å²) in [5.41, 5.74) is 9.76. The molecule has 0 spiro atoms. The molecule has 1 saturated carbocycles. The van der Waals surface area contributed by atoms with Gasteiger partial charge in [-0.1, -0.05) is 30.5 Å². The van der Waals surface area contributed by atoms with Crippen LogP contribution < -0.4 is 11.2 Å². The average Bonchev–Trinajstić information content (AvgIpc) is 3.40. The maximum absolute atomic E-state index is 12.8. The highest BCUT2D eigenvalue weighted by atomic mass is 16.6. The summed E-state index contributed by atoms with van der Waals surface area (Å²) in [6.45, 7) is 0.430. The Bertz CT molecular complexity index is 1040. The summed E-state index contributed by atoms with van der Waals surface area (Å²) >= 11 is 0. The third-order valence-corrected chi connectivity index (χ3v) is 5.34. The van der Waals surface area contributed by atoms with Gasteiger partial charge in [0.05, 0.1) is 11.9 Å². The number of carbonyl (C=O) groups is 1. The summed E-state index contributed by atoms with van der Waals surface area (Å²) in [5.74, 6) is -0.237. The largest absolute Gasteiger partial charge is 0.378 e. The van der Waals surface area contributed by atoms with Crippen molar-refractivity contribution in [2.24, 2.45) is 5.10 Å². The predicted molar refractivity (Wildman–Crippen MR) is 111 cm³/mol. The summed E-state index contributed by atoms with van der Waals surface area (Å²) in [7, 11) is 2.03. The van der Waals surface area contributed by atoms with Gasteiger partial charge >= 0.3 is 0 Å². The van der Waals surface area contributed by atoms with Crippen molar-refractivity contribution in [1.29, 1.82) is 0 Å². The van der Waals surface area contributed by atoms with E-state index < -0.39 is 5.91 Å². The SMILES string of the molecule is CN(Cc1c(C(=O)N/N=C\c2cccnc2)nnn1-c1nonc1N)C1CCCCC1. The van der Waals surface area contributed by atoms with Crippen molar-refractivity contribution in [3.63, 3.8) is 0 Å². The Hall–Kier alpha value is -3.67. The van der Waals surface area contributed by atoms with Crippen LogP contribution >= 0.6 is 0 Å². The van der Waals surface area contributed by atoms with Crippen molar-refractivity contribution >= 4 is 17.9 Å². The van der Waals surface area contributed by atoms with Crippen LogP contribution in [0.4, 0.5) is 5.82 Å². The lowest BCUT2D eigenvalue weighted by molar-refractivity contribution is 0.0947. The Labute approximate surface area is 178 Å². The van der Waals surface area contributed by atoms with Crippen LogP contribution in [0.3, 0.4) is 0 Å². The van der Waals surface area contributed by atoms with E-state index in [9.17, 15) is 4.79 Å². The molecule has 12 heteroatoms. The molecule has 4 rings (SSSR count). The van der Waals surface area contributed by atoms with E-state index in [0.717, 1.165) is 18.4 Å². The van der Waals surface area contributed by atoms with Crippen molar-refractivity contribution in [1.82, 2.24) is 40.6 Å². The lowest BCUT2D eigenvalue weighted by Gasteiger charge is -2.31. The van der Waals surface area contributed by atoms with Gasteiger partial charge in [0.25, 0.3) is 5.91 Å². The van der Waals surface area contributed by atoms with E-state index in [1.807, 2.05) is 13.1 Å². The molecule has 1 aliphatic carbocycles. The van der Waals surface area contributed by atoms with E-state index in [-0.39, 0.29) is 17.3 Å². The number of amides is 1. The molecule has 0 radical (unpaired) electrons. The normalized spacial score (nSPS) is 15.0.